The van der Waals surface area contributed by atoms with Crippen LogP contribution in [0.2, 0.25) is 0 Å². The van der Waals surface area contributed by atoms with Gasteiger partial charge < -0.3 is 19.6 Å². The van der Waals surface area contributed by atoms with E-state index < -0.39 is 11.7 Å². The molecule has 6 heteroatoms. The van der Waals surface area contributed by atoms with Gasteiger partial charge in [-0.3, -0.25) is 4.79 Å². The largest absolute Gasteiger partial charge is 0.480 e. The number of aliphatic hydroxyl groups excluding tert-OH is 1. The van der Waals surface area contributed by atoms with Gasteiger partial charge in [0.15, 0.2) is 6.10 Å². The van der Waals surface area contributed by atoms with E-state index in [0.717, 1.165) is 10.9 Å². The van der Waals surface area contributed by atoms with Crippen molar-refractivity contribution < 1.29 is 19.1 Å². The predicted molar refractivity (Wildman–Crippen MR) is 86.8 cm³/mol. The average molecular weight is 319 g/mol. The Hall–Kier alpha value is -2.34. The predicted octanol–water partition coefficient (Wildman–Crippen LogP) is 1.68. The van der Waals surface area contributed by atoms with Crippen molar-refractivity contribution in [1.29, 1.82) is 0 Å². The number of hydrogen-bond donors (Lipinski definition) is 2. The monoisotopic (exact) mass is 319 g/mol. The van der Waals surface area contributed by atoms with Crippen LogP contribution in [0.5, 0.6) is 5.75 Å². The SMILES string of the molecule is Cc1cc(=O)oc2c(C)c(O[C@@H](C)C(=O)NCCCO)ccc12. The summed E-state index contributed by atoms with van der Waals surface area (Å²) in [6.45, 7) is 5.70. The average Bonchev–Trinajstić information content (AvgIpc) is 2.50. The Bertz CT molecular complexity index is 765. The molecule has 2 aromatic rings. The number of benzene rings is 1. The highest BCUT2D eigenvalue weighted by molar-refractivity contribution is 5.85. The van der Waals surface area contributed by atoms with E-state index in [4.69, 9.17) is 14.3 Å². The maximum absolute atomic E-state index is 11.9. The summed E-state index contributed by atoms with van der Waals surface area (Å²) in [5.74, 6) is 0.236. The van der Waals surface area contributed by atoms with Gasteiger partial charge in [-0.2, -0.15) is 0 Å². The minimum atomic E-state index is -0.693. The molecule has 0 saturated heterocycles. The van der Waals surface area contributed by atoms with Crippen molar-refractivity contribution in [3.05, 3.63) is 39.7 Å². The molecule has 0 aliphatic heterocycles. The van der Waals surface area contributed by atoms with E-state index in [0.29, 0.717) is 29.9 Å². The molecule has 0 spiro atoms. The molecule has 0 unspecified atom stereocenters. The molecule has 124 valence electrons. The number of nitrogens with one attached hydrogen (secondary N) is 1. The van der Waals surface area contributed by atoms with Crippen LogP contribution >= 0.6 is 0 Å². The van der Waals surface area contributed by atoms with E-state index in [9.17, 15) is 9.59 Å². The van der Waals surface area contributed by atoms with Crippen molar-refractivity contribution in [2.75, 3.05) is 13.2 Å². The fourth-order valence-electron chi connectivity index (χ4n) is 2.31. The number of hydrogen-bond acceptors (Lipinski definition) is 5. The number of rotatable bonds is 6. The summed E-state index contributed by atoms with van der Waals surface area (Å²) in [7, 11) is 0. The van der Waals surface area contributed by atoms with Crippen LogP contribution in [0.1, 0.15) is 24.5 Å². The summed E-state index contributed by atoms with van der Waals surface area (Å²) < 4.78 is 11.0. The highest BCUT2D eigenvalue weighted by Crippen LogP contribution is 2.28. The smallest absolute Gasteiger partial charge is 0.336 e. The molecule has 6 nitrogen and oxygen atoms in total. The summed E-state index contributed by atoms with van der Waals surface area (Å²) in [4.78, 5) is 23.5. The van der Waals surface area contributed by atoms with Gasteiger partial charge in [-0.1, -0.05) is 0 Å². The third kappa shape index (κ3) is 3.90. The molecule has 0 radical (unpaired) electrons. The third-order valence-electron chi connectivity index (χ3n) is 3.63. The first-order chi connectivity index (χ1) is 10.9. The number of amides is 1. The molecular formula is C17H21NO5. The summed E-state index contributed by atoms with van der Waals surface area (Å²) in [6.07, 6.45) is -0.195. The van der Waals surface area contributed by atoms with Gasteiger partial charge in [0.1, 0.15) is 11.3 Å². The fraction of sp³-hybridized carbons (Fsp3) is 0.412. The summed E-state index contributed by atoms with van der Waals surface area (Å²) in [5, 5.41) is 12.2. The van der Waals surface area contributed by atoms with Crippen molar-refractivity contribution >= 4 is 16.9 Å². The topological polar surface area (TPSA) is 88.8 Å². The molecular weight excluding hydrogens is 298 g/mol. The Balaban J connectivity index is 2.22. The zero-order valence-electron chi connectivity index (χ0n) is 13.5. The van der Waals surface area contributed by atoms with E-state index >= 15 is 0 Å². The molecule has 1 aromatic heterocycles. The standard InChI is InChI=1S/C17H21NO5/c1-10-9-15(20)23-16-11(2)14(6-5-13(10)16)22-12(3)17(21)18-7-4-8-19/h5-6,9,12,19H,4,7-8H2,1-3H3,(H,18,21)/t12-/m0/s1. The molecule has 0 fully saturated rings. The molecule has 2 N–H and O–H groups in total. The van der Waals surface area contributed by atoms with Gasteiger partial charge in [-0.15, -0.1) is 0 Å². The van der Waals surface area contributed by atoms with Crippen LogP contribution in [0.3, 0.4) is 0 Å². The maximum Gasteiger partial charge on any atom is 0.336 e. The molecule has 0 saturated carbocycles. The Morgan fingerprint density at radius 2 is 2.13 bits per heavy atom. The minimum Gasteiger partial charge on any atom is -0.480 e. The van der Waals surface area contributed by atoms with E-state index in [-0.39, 0.29) is 12.5 Å². The lowest BCUT2D eigenvalue weighted by Gasteiger charge is -2.17. The summed E-state index contributed by atoms with van der Waals surface area (Å²) in [6, 6.07) is 5.02. The lowest BCUT2D eigenvalue weighted by Crippen LogP contribution is -2.37. The van der Waals surface area contributed by atoms with Crippen LogP contribution in [0.25, 0.3) is 11.0 Å². The first-order valence-corrected chi connectivity index (χ1v) is 7.53. The summed E-state index contributed by atoms with van der Waals surface area (Å²) >= 11 is 0. The van der Waals surface area contributed by atoms with Crippen molar-refractivity contribution in [3.8, 4) is 5.75 Å². The molecule has 1 amide bonds. The van der Waals surface area contributed by atoms with Crippen molar-refractivity contribution in [2.24, 2.45) is 0 Å². The number of aliphatic hydroxyl groups is 1. The van der Waals surface area contributed by atoms with Gasteiger partial charge in [0.05, 0.1) is 0 Å². The van der Waals surface area contributed by atoms with Crippen LogP contribution in [-0.2, 0) is 4.79 Å². The van der Waals surface area contributed by atoms with Gasteiger partial charge >= 0.3 is 5.63 Å². The van der Waals surface area contributed by atoms with Crippen LogP contribution < -0.4 is 15.7 Å². The second-order valence-corrected chi connectivity index (χ2v) is 5.44. The second kappa shape index (κ2) is 7.28. The number of carbonyl (C=O) groups is 1. The Labute approximate surface area is 134 Å². The molecule has 1 atom stereocenters. The summed E-state index contributed by atoms with van der Waals surface area (Å²) in [5.41, 5.74) is 1.57. The molecule has 0 bridgehead atoms. The Morgan fingerprint density at radius 1 is 1.39 bits per heavy atom. The molecule has 0 aliphatic carbocycles. The van der Waals surface area contributed by atoms with Gasteiger partial charge in [-0.25, -0.2) is 4.79 Å². The van der Waals surface area contributed by atoms with E-state index in [2.05, 4.69) is 5.32 Å². The number of fused-ring (bicyclic) bond motifs is 1. The molecule has 1 aromatic carbocycles. The minimum absolute atomic E-state index is 0.0255. The van der Waals surface area contributed by atoms with Crippen LogP contribution in [0.15, 0.2) is 27.4 Å². The maximum atomic E-state index is 11.9. The zero-order valence-corrected chi connectivity index (χ0v) is 13.5. The zero-order chi connectivity index (χ0) is 17.0. The van der Waals surface area contributed by atoms with Gasteiger partial charge in [-0.05, 0) is 44.9 Å². The van der Waals surface area contributed by atoms with E-state index in [1.54, 1.807) is 19.9 Å². The molecule has 1 heterocycles. The van der Waals surface area contributed by atoms with E-state index in [1.165, 1.54) is 6.07 Å². The van der Waals surface area contributed by atoms with Crippen molar-refractivity contribution in [2.45, 2.75) is 33.3 Å². The number of carbonyl (C=O) groups excluding carboxylic acids is 1. The van der Waals surface area contributed by atoms with Crippen LogP contribution in [-0.4, -0.2) is 30.3 Å². The lowest BCUT2D eigenvalue weighted by atomic mass is 10.1. The van der Waals surface area contributed by atoms with E-state index in [1.807, 2.05) is 13.0 Å². The lowest BCUT2D eigenvalue weighted by molar-refractivity contribution is -0.127. The van der Waals surface area contributed by atoms with Gasteiger partial charge in [0.25, 0.3) is 5.91 Å². The van der Waals surface area contributed by atoms with Gasteiger partial charge in [0.2, 0.25) is 0 Å². The molecule has 0 aliphatic rings. The van der Waals surface area contributed by atoms with Gasteiger partial charge in [0, 0.05) is 30.2 Å². The highest BCUT2D eigenvalue weighted by atomic mass is 16.5. The second-order valence-electron chi connectivity index (χ2n) is 5.44. The van der Waals surface area contributed by atoms with Crippen LogP contribution in [0, 0.1) is 13.8 Å². The van der Waals surface area contributed by atoms with Crippen molar-refractivity contribution in [3.63, 3.8) is 0 Å². The Morgan fingerprint density at radius 3 is 2.83 bits per heavy atom. The highest BCUT2D eigenvalue weighted by Gasteiger charge is 2.17. The first kappa shape index (κ1) is 17.0. The quantitative estimate of drug-likeness (QED) is 0.624. The first-order valence-electron chi connectivity index (χ1n) is 7.53. The number of ether oxygens (including phenoxy) is 1. The Kier molecular flexibility index (Phi) is 5.39. The molecule has 2 rings (SSSR count). The van der Waals surface area contributed by atoms with Crippen LogP contribution in [0.4, 0.5) is 0 Å². The number of aryl methyl sites for hydroxylation is 2. The normalized spacial score (nSPS) is 12.2. The van der Waals surface area contributed by atoms with Crippen molar-refractivity contribution in [1.82, 2.24) is 5.32 Å². The fourth-order valence-corrected chi connectivity index (χ4v) is 2.31. The molecule has 23 heavy (non-hydrogen) atoms. The third-order valence-corrected chi connectivity index (χ3v) is 3.63.